The molecule has 0 rings (SSSR count). The van der Waals surface area contributed by atoms with Crippen molar-refractivity contribution in [1.82, 2.24) is 10.6 Å². The van der Waals surface area contributed by atoms with E-state index >= 15 is 0 Å². The molecule has 0 aromatic carbocycles. The number of ether oxygens (including phenoxy) is 2. The molecular formula is C14H25ClN2O10. The number of hydrogen-bond acceptors (Lipinski definition) is 8. The fourth-order valence-electron chi connectivity index (χ4n) is 1.78. The molecule has 0 aliphatic rings. The molecule has 0 aliphatic heterocycles. The summed E-state index contributed by atoms with van der Waals surface area (Å²) in [6.07, 6.45) is -1.07. The van der Waals surface area contributed by atoms with Crippen molar-refractivity contribution in [3.05, 3.63) is 0 Å². The standard InChI is InChI=1S/C14H24N2O10.ClH/c17-11(18)7-9(13(21)22)15-1-3-25-5-6-26-4-2-16-10(14(23)24)8-12(19)20;/h9-10,15-16H,1-8H2,(H,17,18)(H,19,20)(H,21,22)(H,23,24);1H. The molecule has 0 amide bonds. The number of hydrogen-bond donors (Lipinski definition) is 6. The third-order valence-electron chi connectivity index (χ3n) is 3.00. The summed E-state index contributed by atoms with van der Waals surface area (Å²) in [6.45, 7) is 1.03. The van der Waals surface area contributed by atoms with Gasteiger partial charge in [0.25, 0.3) is 0 Å². The molecule has 0 aromatic rings. The van der Waals surface area contributed by atoms with Crippen LogP contribution in [0.1, 0.15) is 12.8 Å². The Balaban J connectivity index is 0. The molecule has 2 atom stereocenters. The van der Waals surface area contributed by atoms with E-state index < -0.39 is 48.8 Å². The highest BCUT2D eigenvalue weighted by atomic mass is 35.5. The van der Waals surface area contributed by atoms with Crippen LogP contribution in [0, 0.1) is 0 Å². The van der Waals surface area contributed by atoms with E-state index in [9.17, 15) is 19.2 Å². The molecule has 158 valence electrons. The molecule has 0 bridgehead atoms. The van der Waals surface area contributed by atoms with Crippen LogP contribution in [0.25, 0.3) is 0 Å². The molecule has 12 nitrogen and oxygen atoms in total. The SMILES string of the molecule is Cl.O=C(O)CC(NCCOCCOCCNC(CC(=O)O)C(=O)O)C(=O)O. The lowest BCUT2D eigenvalue weighted by atomic mass is 10.2. The van der Waals surface area contributed by atoms with Crippen molar-refractivity contribution in [2.75, 3.05) is 39.5 Å². The second kappa shape index (κ2) is 16.2. The first-order valence-corrected chi connectivity index (χ1v) is 7.75. The number of aliphatic carboxylic acids is 4. The van der Waals surface area contributed by atoms with Gasteiger partial charge in [-0.25, -0.2) is 0 Å². The molecule has 13 heteroatoms. The van der Waals surface area contributed by atoms with Crippen molar-refractivity contribution in [1.29, 1.82) is 0 Å². The highest BCUT2D eigenvalue weighted by Gasteiger charge is 2.20. The maximum absolute atomic E-state index is 10.8. The minimum atomic E-state index is -1.26. The summed E-state index contributed by atoms with van der Waals surface area (Å²) in [6, 6.07) is -2.38. The van der Waals surface area contributed by atoms with Crippen molar-refractivity contribution in [2.24, 2.45) is 0 Å². The van der Waals surface area contributed by atoms with E-state index in [1.54, 1.807) is 0 Å². The smallest absolute Gasteiger partial charge is 0.321 e. The number of nitrogens with one attached hydrogen (secondary N) is 2. The van der Waals surface area contributed by atoms with Gasteiger partial charge in [-0.3, -0.25) is 19.2 Å². The zero-order valence-corrected chi connectivity index (χ0v) is 15.3. The van der Waals surface area contributed by atoms with Gasteiger partial charge in [-0.1, -0.05) is 0 Å². The Morgan fingerprint density at radius 2 is 1.00 bits per heavy atom. The molecule has 2 unspecified atom stereocenters. The first kappa shape index (κ1) is 27.2. The highest BCUT2D eigenvalue weighted by molar-refractivity contribution is 5.85. The van der Waals surface area contributed by atoms with Crippen molar-refractivity contribution in [3.63, 3.8) is 0 Å². The van der Waals surface area contributed by atoms with Crippen LogP contribution >= 0.6 is 12.4 Å². The molecule has 0 fully saturated rings. The van der Waals surface area contributed by atoms with Crippen LogP contribution < -0.4 is 10.6 Å². The van der Waals surface area contributed by atoms with Gasteiger partial charge >= 0.3 is 23.9 Å². The van der Waals surface area contributed by atoms with Crippen LogP contribution in [0.3, 0.4) is 0 Å². The Hall–Kier alpha value is -1.99. The van der Waals surface area contributed by atoms with Crippen molar-refractivity contribution < 1.29 is 49.1 Å². The topological polar surface area (TPSA) is 192 Å². The first-order chi connectivity index (χ1) is 12.2. The fraction of sp³-hybridized carbons (Fsp3) is 0.714. The molecule has 0 heterocycles. The number of carboxylic acid groups (broad SMARTS) is 4. The maximum Gasteiger partial charge on any atom is 0.321 e. The number of carbonyl (C=O) groups is 4. The molecule has 0 saturated heterocycles. The van der Waals surface area contributed by atoms with Gasteiger partial charge in [0.05, 0.1) is 39.3 Å². The largest absolute Gasteiger partial charge is 0.481 e. The Kier molecular flexibility index (Phi) is 16.3. The van der Waals surface area contributed by atoms with Crippen molar-refractivity contribution in [3.8, 4) is 0 Å². The Labute approximate surface area is 161 Å². The summed E-state index contributed by atoms with van der Waals surface area (Å²) in [4.78, 5) is 42.6. The van der Waals surface area contributed by atoms with Crippen molar-refractivity contribution >= 4 is 36.3 Å². The van der Waals surface area contributed by atoms with E-state index in [0.29, 0.717) is 0 Å². The number of carboxylic acids is 4. The minimum absolute atomic E-state index is 0. The van der Waals surface area contributed by atoms with Crippen LogP contribution in [-0.4, -0.2) is 95.9 Å². The molecular weight excluding hydrogens is 392 g/mol. The van der Waals surface area contributed by atoms with Crippen molar-refractivity contribution in [2.45, 2.75) is 24.9 Å². The third kappa shape index (κ3) is 15.9. The highest BCUT2D eigenvalue weighted by Crippen LogP contribution is 1.93. The zero-order chi connectivity index (χ0) is 19.9. The summed E-state index contributed by atoms with van der Waals surface area (Å²) >= 11 is 0. The Bertz CT molecular complexity index is 435. The lowest BCUT2D eigenvalue weighted by Crippen LogP contribution is -2.40. The van der Waals surface area contributed by atoms with Gasteiger partial charge in [-0.05, 0) is 0 Å². The lowest BCUT2D eigenvalue weighted by Gasteiger charge is -2.13. The van der Waals surface area contributed by atoms with Gasteiger partial charge < -0.3 is 40.5 Å². The monoisotopic (exact) mass is 416 g/mol. The van der Waals surface area contributed by atoms with Gasteiger partial charge in [0.1, 0.15) is 12.1 Å². The molecule has 0 radical (unpaired) electrons. The Morgan fingerprint density at radius 1 is 0.667 bits per heavy atom. The van der Waals surface area contributed by atoms with E-state index in [1.807, 2.05) is 0 Å². The second-order valence-electron chi connectivity index (χ2n) is 5.11. The van der Waals surface area contributed by atoms with Gasteiger partial charge in [0.2, 0.25) is 0 Å². The summed E-state index contributed by atoms with van der Waals surface area (Å²) in [5, 5.41) is 39.8. The molecule has 27 heavy (non-hydrogen) atoms. The van der Waals surface area contributed by atoms with Crippen LogP contribution in [0.2, 0.25) is 0 Å². The molecule has 0 spiro atoms. The summed E-state index contributed by atoms with van der Waals surface area (Å²) in [5.41, 5.74) is 0. The van der Waals surface area contributed by atoms with Gasteiger partial charge in [-0.15, -0.1) is 12.4 Å². The molecule has 6 N–H and O–H groups in total. The average Bonchev–Trinajstić information content (AvgIpc) is 2.53. The van der Waals surface area contributed by atoms with E-state index in [4.69, 9.17) is 29.9 Å². The van der Waals surface area contributed by atoms with Gasteiger partial charge in [0.15, 0.2) is 0 Å². The summed E-state index contributed by atoms with van der Waals surface area (Å²) in [7, 11) is 0. The molecule has 0 aromatic heterocycles. The fourth-order valence-corrected chi connectivity index (χ4v) is 1.78. The second-order valence-corrected chi connectivity index (χ2v) is 5.11. The number of rotatable bonds is 17. The normalized spacial score (nSPS) is 12.6. The van der Waals surface area contributed by atoms with Crippen LogP contribution in [0.4, 0.5) is 0 Å². The van der Waals surface area contributed by atoms with E-state index in [2.05, 4.69) is 10.6 Å². The quantitative estimate of drug-likeness (QED) is 0.150. The summed E-state index contributed by atoms with van der Waals surface area (Å²) in [5.74, 6) is -4.96. The first-order valence-electron chi connectivity index (χ1n) is 7.75. The maximum atomic E-state index is 10.8. The zero-order valence-electron chi connectivity index (χ0n) is 14.5. The lowest BCUT2D eigenvalue weighted by molar-refractivity contribution is -0.146. The van der Waals surface area contributed by atoms with Crippen LogP contribution in [-0.2, 0) is 28.7 Å². The van der Waals surface area contributed by atoms with Gasteiger partial charge in [0, 0.05) is 13.1 Å². The predicted octanol–water partition coefficient (Wildman–Crippen LogP) is -1.52. The van der Waals surface area contributed by atoms with E-state index in [0.717, 1.165) is 0 Å². The molecule has 0 aliphatic carbocycles. The molecule has 0 saturated carbocycles. The van der Waals surface area contributed by atoms with Gasteiger partial charge in [-0.2, -0.15) is 0 Å². The van der Waals surface area contributed by atoms with Crippen LogP contribution in [0.5, 0.6) is 0 Å². The number of halogens is 1. The summed E-state index contributed by atoms with van der Waals surface area (Å²) < 4.78 is 10.3. The third-order valence-corrected chi connectivity index (χ3v) is 3.00. The predicted molar refractivity (Wildman–Crippen MR) is 92.2 cm³/mol. The average molecular weight is 417 g/mol. The van der Waals surface area contributed by atoms with E-state index in [-0.39, 0.29) is 51.9 Å². The Morgan fingerprint density at radius 3 is 1.26 bits per heavy atom. The van der Waals surface area contributed by atoms with Crippen LogP contribution in [0.15, 0.2) is 0 Å². The minimum Gasteiger partial charge on any atom is -0.481 e. The van der Waals surface area contributed by atoms with E-state index in [1.165, 1.54) is 0 Å².